The number of piperidine rings is 1. The molecule has 0 saturated carbocycles. The third-order valence-corrected chi connectivity index (χ3v) is 4.92. The molecule has 0 bridgehead atoms. The quantitative estimate of drug-likeness (QED) is 0.812. The Balaban J connectivity index is 1.19. The summed E-state index contributed by atoms with van der Waals surface area (Å²) in [7, 11) is 0. The molecule has 0 atom stereocenters. The van der Waals surface area contributed by atoms with Crippen molar-refractivity contribution in [2.45, 2.75) is 19.1 Å². The van der Waals surface area contributed by atoms with Crippen molar-refractivity contribution in [1.82, 2.24) is 10.2 Å². The zero-order valence-corrected chi connectivity index (χ0v) is 14.9. The van der Waals surface area contributed by atoms with Crippen LogP contribution in [-0.2, 0) is 14.3 Å². The summed E-state index contributed by atoms with van der Waals surface area (Å²) in [5.41, 5.74) is 0.530. The molecule has 0 radical (unpaired) electrons. The number of hydrogen-bond donors (Lipinski definition) is 2. The Bertz CT molecular complexity index is 698. The highest BCUT2D eigenvalue weighted by Gasteiger charge is 2.30. The molecule has 9 heteroatoms. The van der Waals surface area contributed by atoms with Gasteiger partial charge < -0.3 is 24.3 Å². The average Bonchev–Trinajstić information content (AvgIpc) is 3.33. The van der Waals surface area contributed by atoms with Crippen LogP contribution in [0.3, 0.4) is 0 Å². The van der Waals surface area contributed by atoms with E-state index < -0.39 is 6.03 Å². The lowest BCUT2D eigenvalue weighted by Gasteiger charge is -2.33. The second-order valence-electron chi connectivity index (χ2n) is 6.79. The normalized spacial score (nSPS) is 20.6. The minimum Gasteiger partial charge on any atom is -0.454 e. The summed E-state index contributed by atoms with van der Waals surface area (Å²) in [6, 6.07) is 4.49. The van der Waals surface area contributed by atoms with Crippen LogP contribution in [0.2, 0.25) is 0 Å². The van der Waals surface area contributed by atoms with E-state index in [1.165, 1.54) is 0 Å². The maximum absolute atomic E-state index is 12.1. The van der Waals surface area contributed by atoms with Gasteiger partial charge in [-0.2, -0.15) is 0 Å². The molecule has 0 spiro atoms. The first-order chi connectivity index (χ1) is 13.2. The van der Waals surface area contributed by atoms with Gasteiger partial charge in [0.1, 0.15) is 0 Å². The van der Waals surface area contributed by atoms with E-state index >= 15 is 0 Å². The van der Waals surface area contributed by atoms with Crippen LogP contribution in [0.15, 0.2) is 18.2 Å². The summed E-state index contributed by atoms with van der Waals surface area (Å²) in [4.78, 5) is 26.2. The fourth-order valence-corrected chi connectivity index (χ4v) is 3.54. The lowest BCUT2D eigenvalue weighted by molar-refractivity contribution is -0.122. The number of anilines is 1. The molecule has 3 aliphatic rings. The molecule has 4 rings (SSSR count). The number of hydrogen-bond acceptors (Lipinski definition) is 7. The highest BCUT2D eigenvalue weighted by atomic mass is 16.7. The maximum atomic E-state index is 12.1. The van der Waals surface area contributed by atoms with Gasteiger partial charge >= 0.3 is 6.03 Å². The van der Waals surface area contributed by atoms with Gasteiger partial charge in [0.2, 0.25) is 12.7 Å². The number of imide groups is 1. The summed E-state index contributed by atoms with van der Waals surface area (Å²) in [5, 5.41) is 4.98. The Kier molecular flexibility index (Phi) is 5.42. The van der Waals surface area contributed by atoms with E-state index in [4.69, 9.17) is 18.9 Å². The minimum atomic E-state index is -0.568. The standard InChI is InChI=1S/C18H23N3O6/c22-16(10-21-5-3-12(4-6-21)17-24-7-8-25-17)20-18(23)19-13-1-2-14-15(9-13)27-11-26-14/h1-2,9,12,17H,3-8,10-11H2,(H2,19,20,22,23). The number of carbonyl (C=O) groups is 2. The Morgan fingerprint density at radius 2 is 1.81 bits per heavy atom. The van der Waals surface area contributed by atoms with Crippen molar-refractivity contribution < 1.29 is 28.5 Å². The van der Waals surface area contributed by atoms with E-state index in [1.807, 2.05) is 4.90 Å². The second-order valence-corrected chi connectivity index (χ2v) is 6.79. The minimum absolute atomic E-state index is 0.103. The van der Waals surface area contributed by atoms with E-state index in [9.17, 15) is 9.59 Å². The summed E-state index contributed by atoms with van der Waals surface area (Å²) in [5.74, 6) is 1.24. The Morgan fingerprint density at radius 1 is 1.07 bits per heavy atom. The van der Waals surface area contributed by atoms with Gasteiger partial charge in [0.15, 0.2) is 17.8 Å². The van der Waals surface area contributed by atoms with Crippen LogP contribution in [0.1, 0.15) is 12.8 Å². The summed E-state index contributed by atoms with van der Waals surface area (Å²) >= 11 is 0. The predicted molar refractivity (Wildman–Crippen MR) is 94.6 cm³/mol. The monoisotopic (exact) mass is 377 g/mol. The van der Waals surface area contributed by atoms with Gasteiger partial charge in [-0.05, 0) is 38.1 Å². The van der Waals surface area contributed by atoms with E-state index in [0.29, 0.717) is 36.3 Å². The van der Waals surface area contributed by atoms with Crippen molar-refractivity contribution in [3.05, 3.63) is 18.2 Å². The molecule has 0 unspecified atom stereocenters. The first-order valence-electron chi connectivity index (χ1n) is 9.13. The van der Waals surface area contributed by atoms with E-state index in [-0.39, 0.29) is 25.5 Å². The Hall–Kier alpha value is -2.36. The van der Waals surface area contributed by atoms with Gasteiger partial charge in [-0.3, -0.25) is 15.0 Å². The zero-order chi connectivity index (χ0) is 18.6. The van der Waals surface area contributed by atoms with E-state index in [2.05, 4.69) is 10.6 Å². The third-order valence-electron chi connectivity index (χ3n) is 4.92. The Morgan fingerprint density at radius 3 is 2.59 bits per heavy atom. The van der Waals surface area contributed by atoms with Crippen molar-refractivity contribution in [1.29, 1.82) is 0 Å². The van der Waals surface area contributed by atoms with E-state index in [0.717, 1.165) is 25.9 Å². The van der Waals surface area contributed by atoms with Gasteiger partial charge in [0.05, 0.1) is 19.8 Å². The molecule has 3 heterocycles. The number of carbonyl (C=O) groups excluding carboxylic acids is 2. The zero-order valence-electron chi connectivity index (χ0n) is 14.9. The van der Waals surface area contributed by atoms with Crippen molar-refractivity contribution in [2.24, 2.45) is 5.92 Å². The lowest BCUT2D eigenvalue weighted by atomic mass is 9.96. The molecule has 1 aromatic rings. The molecule has 27 heavy (non-hydrogen) atoms. The molecular weight excluding hydrogens is 354 g/mol. The van der Waals surface area contributed by atoms with Gasteiger partial charge in [-0.1, -0.05) is 0 Å². The number of nitrogens with zero attached hydrogens (tertiary/aromatic N) is 1. The maximum Gasteiger partial charge on any atom is 0.325 e. The smallest absolute Gasteiger partial charge is 0.325 e. The number of amides is 3. The van der Waals surface area contributed by atoms with Crippen LogP contribution in [0, 0.1) is 5.92 Å². The van der Waals surface area contributed by atoms with Gasteiger partial charge in [-0.25, -0.2) is 4.79 Å². The number of rotatable bonds is 4. The van der Waals surface area contributed by atoms with Crippen LogP contribution >= 0.6 is 0 Å². The van der Waals surface area contributed by atoms with Crippen LogP contribution in [0.25, 0.3) is 0 Å². The summed E-state index contributed by atoms with van der Waals surface area (Å²) in [6.45, 7) is 3.24. The predicted octanol–water partition coefficient (Wildman–Crippen LogP) is 1.15. The molecule has 2 fully saturated rings. The molecule has 3 aliphatic heterocycles. The largest absolute Gasteiger partial charge is 0.454 e. The van der Waals surface area contributed by atoms with Crippen molar-refractivity contribution >= 4 is 17.6 Å². The molecule has 0 aromatic heterocycles. The molecule has 3 amide bonds. The lowest BCUT2D eigenvalue weighted by Crippen LogP contribution is -2.45. The number of fused-ring (bicyclic) bond motifs is 1. The first kappa shape index (κ1) is 18.0. The second kappa shape index (κ2) is 8.12. The fourth-order valence-electron chi connectivity index (χ4n) is 3.54. The highest BCUT2D eigenvalue weighted by molar-refractivity contribution is 6.01. The van der Waals surface area contributed by atoms with Crippen molar-refractivity contribution in [3.8, 4) is 11.5 Å². The van der Waals surface area contributed by atoms with Crippen LogP contribution in [0.5, 0.6) is 11.5 Å². The van der Waals surface area contributed by atoms with Crippen LogP contribution in [-0.4, -0.2) is 62.8 Å². The number of nitrogens with one attached hydrogen (secondary N) is 2. The SMILES string of the molecule is O=C(CN1CCC(C2OCCO2)CC1)NC(=O)Nc1ccc2c(c1)OCO2. The number of urea groups is 1. The van der Waals surface area contributed by atoms with Crippen molar-refractivity contribution in [2.75, 3.05) is 45.0 Å². The molecule has 2 saturated heterocycles. The molecule has 9 nitrogen and oxygen atoms in total. The average molecular weight is 377 g/mol. The Labute approximate surface area is 156 Å². The van der Waals surface area contributed by atoms with Gasteiger partial charge in [0, 0.05) is 17.7 Å². The summed E-state index contributed by atoms with van der Waals surface area (Å²) < 4.78 is 21.6. The van der Waals surface area contributed by atoms with E-state index in [1.54, 1.807) is 18.2 Å². The number of benzene rings is 1. The molecule has 146 valence electrons. The summed E-state index contributed by atoms with van der Waals surface area (Å²) in [6.07, 6.45) is 1.73. The molecule has 1 aromatic carbocycles. The number of likely N-dealkylation sites (tertiary alicyclic amines) is 1. The molecule has 0 aliphatic carbocycles. The number of ether oxygens (including phenoxy) is 4. The van der Waals surface area contributed by atoms with Gasteiger partial charge in [0.25, 0.3) is 0 Å². The van der Waals surface area contributed by atoms with Gasteiger partial charge in [-0.15, -0.1) is 0 Å². The van der Waals surface area contributed by atoms with Crippen LogP contribution in [0.4, 0.5) is 10.5 Å². The van der Waals surface area contributed by atoms with Crippen molar-refractivity contribution in [3.63, 3.8) is 0 Å². The topological polar surface area (TPSA) is 98.4 Å². The highest BCUT2D eigenvalue weighted by Crippen LogP contribution is 2.34. The molecule has 2 N–H and O–H groups in total. The third kappa shape index (κ3) is 4.49. The van der Waals surface area contributed by atoms with Crippen LogP contribution < -0.4 is 20.1 Å². The molecular formula is C18H23N3O6. The fraction of sp³-hybridized carbons (Fsp3) is 0.556. The first-order valence-corrected chi connectivity index (χ1v) is 9.13.